The zero-order valence-corrected chi connectivity index (χ0v) is 11.7. The molecule has 1 fully saturated rings. The summed E-state index contributed by atoms with van der Waals surface area (Å²) in [7, 11) is 0. The Morgan fingerprint density at radius 3 is 2.76 bits per heavy atom. The number of hydrogen-bond acceptors (Lipinski definition) is 4. The lowest BCUT2D eigenvalue weighted by Crippen LogP contribution is -2.46. The fraction of sp³-hybridized carbons (Fsp3) is 0.400. The van der Waals surface area contributed by atoms with E-state index in [1.807, 2.05) is 0 Å². The molecular weight excluding hydrogens is 272 g/mol. The fourth-order valence-electron chi connectivity index (χ4n) is 3.00. The number of fused-ring (bicyclic) bond motifs is 2. The molecule has 21 heavy (non-hydrogen) atoms. The number of aliphatic hydroxyl groups excluding tert-OH is 1. The monoisotopic (exact) mass is 288 g/mol. The van der Waals surface area contributed by atoms with Gasteiger partial charge < -0.3 is 14.9 Å². The number of carbonyl (C=O) groups excluding carboxylic acids is 3. The standard InChI is InChI=1S/C15H16N2O4/c1-9(18)7-16-12-5-3-2-4-11(12)14(20)17-8-10(19)6-13(17)15(16)21/h2-5,10,13,19H,6-8H2,1H3/t10-,13+/m1/s1. The van der Waals surface area contributed by atoms with Crippen LogP contribution in [0.3, 0.4) is 0 Å². The van der Waals surface area contributed by atoms with E-state index in [2.05, 4.69) is 0 Å². The summed E-state index contributed by atoms with van der Waals surface area (Å²) in [4.78, 5) is 39.5. The second kappa shape index (κ2) is 4.96. The highest BCUT2D eigenvalue weighted by Crippen LogP contribution is 2.32. The van der Waals surface area contributed by atoms with Crippen molar-refractivity contribution in [2.24, 2.45) is 0 Å². The summed E-state index contributed by atoms with van der Waals surface area (Å²) in [5, 5.41) is 9.77. The zero-order valence-electron chi connectivity index (χ0n) is 11.7. The number of rotatable bonds is 2. The quantitative estimate of drug-likeness (QED) is 0.843. The highest BCUT2D eigenvalue weighted by molar-refractivity contribution is 6.12. The Morgan fingerprint density at radius 2 is 2.05 bits per heavy atom. The number of carbonyl (C=O) groups is 3. The van der Waals surface area contributed by atoms with Crippen molar-refractivity contribution in [1.29, 1.82) is 0 Å². The average Bonchev–Trinajstić information content (AvgIpc) is 2.82. The van der Waals surface area contributed by atoms with Gasteiger partial charge in [-0.3, -0.25) is 14.4 Å². The number of nitrogens with zero attached hydrogens (tertiary/aromatic N) is 2. The van der Waals surface area contributed by atoms with Crippen molar-refractivity contribution in [2.45, 2.75) is 25.5 Å². The molecule has 0 aromatic heterocycles. The molecule has 6 heteroatoms. The van der Waals surface area contributed by atoms with Crippen LogP contribution < -0.4 is 4.90 Å². The van der Waals surface area contributed by atoms with E-state index in [9.17, 15) is 19.5 Å². The maximum atomic E-state index is 12.7. The number of benzene rings is 1. The van der Waals surface area contributed by atoms with E-state index in [-0.39, 0.29) is 37.1 Å². The van der Waals surface area contributed by atoms with Crippen molar-refractivity contribution >= 4 is 23.3 Å². The molecular formula is C15H16N2O4. The molecule has 0 spiro atoms. The lowest BCUT2D eigenvalue weighted by molar-refractivity contribution is -0.124. The van der Waals surface area contributed by atoms with E-state index >= 15 is 0 Å². The minimum Gasteiger partial charge on any atom is -0.391 e. The summed E-state index contributed by atoms with van der Waals surface area (Å²) in [5.41, 5.74) is 0.857. The number of ketones is 1. The molecule has 0 aliphatic carbocycles. The van der Waals surface area contributed by atoms with Gasteiger partial charge in [0.15, 0.2) is 0 Å². The second-order valence-corrected chi connectivity index (χ2v) is 5.51. The topological polar surface area (TPSA) is 77.9 Å². The van der Waals surface area contributed by atoms with Crippen molar-refractivity contribution in [3.63, 3.8) is 0 Å². The molecule has 1 aromatic rings. The lowest BCUT2D eigenvalue weighted by atomic mass is 10.1. The molecule has 6 nitrogen and oxygen atoms in total. The van der Waals surface area contributed by atoms with Gasteiger partial charge in [0.25, 0.3) is 5.91 Å². The van der Waals surface area contributed by atoms with Crippen LogP contribution in [0.5, 0.6) is 0 Å². The second-order valence-electron chi connectivity index (χ2n) is 5.51. The first kappa shape index (κ1) is 13.8. The van der Waals surface area contributed by atoms with Crippen molar-refractivity contribution < 1.29 is 19.5 Å². The van der Waals surface area contributed by atoms with Crippen molar-refractivity contribution in [3.8, 4) is 0 Å². The highest BCUT2D eigenvalue weighted by Gasteiger charge is 2.45. The maximum absolute atomic E-state index is 12.7. The summed E-state index contributed by atoms with van der Waals surface area (Å²) < 4.78 is 0. The molecule has 110 valence electrons. The van der Waals surface area contributed by atoms with Crippen LogP contribution in [0.4, 0.5) is 5.69 Å². The van der Waals surface area contributed by atoms with Crippen LogP contribution >= 0.6 is 0 Å². The zero-order chi connectivity index (χ0) is 15.1. The van der Waals surface area contributed by atoms with Gasteiger partial charge in [-0.25, -0.2) is 0 Å². The van der Waals surface area contributed by atoms with Crippen LogP contribution in [-0.2, 0) is 9.59 Å². The minimum atomic E-state index is -0.702. The molecule has 2 heterocycles. The van der Waals surface area contributed by atoms with E-state index in [1.165, 1.54) is 16.7 Å². The predicted molar refractivity (Wildman–Crippen MR) is 74.9 cm³/mol. The third-order valence-electron chi connectivity index (χ3n) is 3.90. The molecule has 1 N–H and O–H groups in total. The van der Waals surface area contributed by atoms with Crippen LogP contribution in [0.1, 0.15) is 23.7 Å². The SMILES string of the molecule is CC(=O)CN1C(=O)[C@@H]2C[C@@H](O)CN2C(=O)c2ccccc21. The van der Waals surface area contributed by atoms with E-state index in [0.717, 1.165) is 0 Å². The van der Waals surface area contributed by atoms with Crippen LogP contribution in [0.15, 0.2) is 24.3 Å². The number of hydrogen-bond donors (Lipinski definition) is 1. The van der Waals surface area contributed by atoms with E-state index in [0.29, 0.717) is 11.3 Å². The molecule has 2 aliphatic rings. The largest absolute Gasteiger partial charge is 0.391 e. The summed E-state index contributed by atoms with van der Waals surface area (Å²) in [6, 6.07) is 6.08. The Balaban J connectivity index is 2.12. The van der Waals surface area contributed by atoms with Gasteiger partial charge >= 0.3 is 0 Å². The summed E-state index contributed by atoms with van der Waals surface area (Å²) in [6.45, 7) is 1.49. The van der Waals surface area contributed by atoms with Crippen molar-refractivity contribution in [1.82, 2.24) is 4.90 Å². The first-order valence-corrected chi connectivity index (χ1v) is 6.88. The van der Waals surface area contributed by atoms with Crippen LogP contribution in [0.2, 0.25) is 0 Å². The molecule has 2 aliphatic heterocycles. The molecule has 2 atom stereocenters. The molecule has 0 saturated carbocycles. The number of anilines is 1. The van der Waals surface area contributed by atoms with Gasteiger partial charge in [-0.2, -0.15) is 0 Å². The Hall–Kier alpha value is -2.21. The Labute approximate surface area is 122 Å². The lowest BCUT2D eigenvalue weighted by Gasteiger charge is -2.24. The molecule has 3 rings (SSSR count). The minimum absolute atomic E-state index is 0.0659. The van der Waals surface area contributed by atoms with E-state index in [4.69, 9.17) is 0 Å². The van der Waals surface area contributed by atoms with Gasteiger partial charge in [-0.05, 0) is 19.1 Å². The maximum Gasteiger partial charge on any atom is 0.256 e. The molecule has 2 amide bonds. The van der Waals surface area contributed by atoms with E-state index < -0.39 is 12.1 Å². The van der Waals surface area contributed by atoms with Crippen molar-refractivity contribution in [3.05, 3.63) is 29.8 Å². The summed E-state index contributed by atoms with van der Waals surface area (Å²) in [6.07, 6.45) is -0.486. The number of para-hydroxylation sites is 1. The Bertz CT molecular complexity index is 628. The normalized spacial score (nSPS) is 24.7. The van der Waals surface area contributed by atoms with Crippen LogP contribution in [0, 0.1) is 0 Å². The molecule has 0 bridgehead atoms. The Morgan fingerprint density at radius 1 is 1.33 bits per heavy atom. The molecule has 1 aromatic carbocycles. The third-order valence-corrected chi connectivity index (χ3v) is 3.90. The third kappa shape index (κ3) is 2.21. The number of amides is 2. The van der Waals surface area contributed by atoms with Crippen LogP contribution in [0.25, 0.3) is 0 Å². The Kier molecular flexibility index (Phi) is 3.25. The summed E-state index contributed by atoms with van der Waals surface area (Å²) >= 11 is 0. The average molecular weight is 288 g/mol. The van der Waals surface area contributed by atoms with Crippen molar-refractivity contribution in [2.75, 3.05) is 18.0 Å². The molecule has 0 radical (unpaired) electrons. The molecule has 0 unspecified atom stereocenters. The van der Waals surface area contributed by atoms with Gasteiger partial charge in [-0.15, -0.1) is 0 Å². The van der Waals surface area contributed by atoms with Gasteiger partial charge in [0, 0.05) is 13.0 Å². The van der Waals surface area contributed by atoms with Gasteiger partial charge in [0.05, 0.1) is 23.9 Å². The smallest absolute Gasteiger partial charge is 0.256 e. The summed E-state index contributed by atoms with van der Waals surface area (Å²) in [5.74, 6) is -0.732. The first-order chi connectivity index (χ1) is 9.99. The fourth-order valence-corrected chi connectivity index (χ4v) is 3.00. The number of Topliss-reactive ketones (excluding diaryl/α,β-unsaturated/α-hetero) is 1. The van der Waals surface area contributed by atoms with Crippen LogP contribution in [-0.4, -0.2) is 52.8 Å². The highest BCUT2D eigenvalue weighted by atomic mass is 16.3. The molecule has 1 saturated heterocycles. The first-order valence-electron chi connectivity index (χ1n) is 6.88. The van der Waals surface area contributed by atoms with Gasteiger partial charge in [0.1, 0.15) is 11.8 Å². The van der Waals surface area contributed by atoms with Gasteiger partial charge in [-0.1, -0.05) is 12.1 Å². The van der Waals surface area contributed by atoms with E-state index in [1.54, 1.807) is 24.3 Å². The predicted octanol–water partition coefficient (Wildman–Crippen LogP) is 0.198. The van der Waals surface area contributed by atoms with Gasteiger partial charge in [0.2, 0.25) is 5.91 Å². The number of aliphatic hydroxyl groups is 1.